The van der Waals surface area contributed by atoms with Crippen LogP contribution in [0.2, 0.25) is 0 Å². The maximum Gasteiger partial charge on any atom is 0.408 e. The SMILES string of the molecule is COc1ccc2nc3c(nc2c1)OC1CC2C(=O)NC4(C(=O)NS(=O)(=O)C5(C)CC5)CC4/C=C\CCCCCC(NC(=O)OC4(C)CC4CCCCC3)C(=O)N2C1. The molecule has 308 valence electrons. The van der Waals surface area contributed by atoms with E-state index >= 15 is 0 Å². The normalized spacial score (nSPS) is 33.5. The Labute approximate surface area is 333 Å². The van der Waals surface area contributed by atoms with Gasteiger partial charge >= 0.3 is 6.09 Å². The number of aryl methyl sites for hydroxylation is 1. The Hall–Kier alpha value is -4.47. The molecule has 2 aromatic rings. The first-order valence-corrected chi connectivity index (χ1v) is 22.1. The summed E-state index contributed by atoms with van der Waals surface area (Å²) in [5.74, 6) is -1.15. The highest BCUT2D eigenvalue weighted by Crippen LogP contribution is 2.50. The van der Waals surface area contributed by atoms with Gasteiger partial charge in [0.05, 0.1) is 29.4 Å². The lowest BCUT2D eigenvalue weighted by molar-refractivity contribution is -0.141. The number of fused-ring (bicyclic) bond motifs is 6. The summed E-state index contributed by atoms with van der Waals surface area (Å²) >= 11 is 0. The number of rotatable bonds is 4. The van der Waals surface area contributed by atoms with Crippen LogP contribution in [0.1, 0.15) is 109 Å². The molecule has 3 aliphatic carbocycles. The summed E-state index contributed by atoms with van der Waals surface area (Å²) in [6, 6.07) is 3.38. The zero-order chi connectivity index (χ0) is 40.2. The molecule has 3 N–H and O–H groups in total. The molecule has 8 rings (SSSR count). The van der Waals surface area contributed by atoms with Crippen LogP contribution in [0, 0.1) is 11.8 Å². The number of methoxy groups -OCH3 is 1. The summed E-state index contributed by atoms with van der Waals surface area (Å²) in [5, 5.41) is 5.78. The van der Waals surface area contributed by atoms with E-state index < -0.39 is 73.8 Å². The van der Waals surface area contributed by atoms with Crippen molar-refractivity contribution in [2.24, 2.45) is 11.8 Å². The fourth-order valence-corrected chi connectivity index (χ4v) is 10.1. The molecule has 1 saturated heterocycles. The molecule has 6 aliphatic rings. The van der Waals surface area contributed by atoms with Gasteiger partial charge in [0.15, 0.2) is 0 Å². The van der Waals surface area contributed by atoms with Crippen LogP contribution >= 0.6 is 0 Å². The number of allylic oxidation sites excluding steroid dienone is 1. The van der Waals surface area contributed by atoms with Gasteiger partial charge < -0.3 is 29.7 Å². The van der Waals surface area contributed by atoms with E-state index in [4.69, 9.17) is 24.2 Å². The van der Waals surface area contributed by atoms with Crippen molar-refractivity contribution in [1.82, 2.24) is 30.2 Å². The van der Waals surface area contributed by atoms with Crippen molar-refractivity contribution >= 4 is 44.9 Å². The Balaban J connectivity index is 1.14. The highest BCUT2D eigenvalue weighted by Gasteiger charge is 2.63. The smallest absolute Gasteiger partial charge is 0.408 e. The van der Waals surface area contributed by atoms with Crippen molar-refractivity contribution in [3.63, 3.8) is 0 Å². The third-order valence-corrected chi connectivity index (χ3v) is 15.3. The molecule has 0 spiro atoms. The van der Waals surface area contributed by atoms with Gasteiger partial charge in [0.1, 0.15) is 40.8 Å². The summed E-state index contributed by atoms with van der Waals surface area (Å²) in [7, 11) is -2.41. The number of hydrogen-bond acceptors (Lipinski definition) is 11. The van der Waals surface area contributed by atoms with E-state index in [0.717, 1.165) is 44.9 Å². The zero-order valence-electron chi connectivity index (χ0n) is 33.0. The second kappa shape index (κ2) is 15.0. The molecular formula is C41H54N6O9S. The fraction of sp³-hybridized carbons (Fsp3) is 0.659. The Morgan fingerprint density at radius 3 is 2.58 bits per heavy atom. The van der Waals surface area contributed by atoms with E-state index in [-0.39, 0.29) is 25.3 Å². The van der Waals surface area contributed by atoms with E-state index in [0.29, 0.717) is 66.9 Å². The Morgan fingerprint density at radius 1 is 1.00 bits per heavy atom. The highest BCUT2D eigenvalue weighted by atomic mass is 32.2. The number of hydrogen-bond donors (Lipinski definition) is 3. The first kappa shape index (κ1) is 39.4. The van der Waals surface area contributed by atoms with Crippen LogP contribution in [0.3, 0.4) is 0 Å². The van der Waals surface area contributed by atoms with Crippen molar-refractivity contribution < 1.29 is 41.8 Å². The molecule has 1 aromatic heterocycles. The molecule has 15 nitrogen and oxygen atoms in total. The number of ether oxygens (including phenoxy) is 3. The van der Waals surface area contributed by atoms with Crippen molar-refractivity contribution in [2.45, 2.75) is 144 Å². The molecule has 1 aromatic carbocycles. The van der Waals surface area contributed by atoms with Gasteiger partial charge in [-0.05, 0) is 90.2 Å². The molecule has 16 heteroatoms. The molecule has 3 bridgehead atoms. The van der Waals surface area contributed by atoms with Gasteiger partial charge in [-0.25, -0.2) is 23.2 Å². The molecular weight excluding hydrogens is 753 g/mol. The first-order chi connectivity index (χ1) is 27.2. The maximum atomic E-state index is 14.7. The number of benzene rings is 1. The molecule has 57 heavy (non-hydrogen) atoms. The van der Waals surface area contributed by atoms with E-state index in [2.05, 4.69) is 15.4 Å². The number of sulfonamides is 1. The van der Waals surface area contributed by atoms with Gasteiger partial charge in [-0.2, -0.15) is 0 Å². The van der Waals surface area contributed by atoms with Gasteiger partial charge in [0.2, 0.25) is 27.7 Å². The van der Waals surface area contributed by atoms with Crippen LogP contribution in [-0.2, 0) is 35.6 Å². The first-order valence-electron chi connectivity index (χ1n) is 20.6. The predicted molar refractivity (Wildman–Crippen MR) is 209 cm³/mol. The molecule has 4 fully saturated rings. The minimum Gasteiger partial charge on any atom is -0.497 e. The molecule has 0 radical (unpaired) electrons. The standard InChI is InChI=1S/C41H54N6O9S/c1-39(18-19-39)57(52,53)46-37(50)41-23-26(41)13-8-5-4-6-10-15-31-36(49)47-24-28(21-33(47)34(48)45-41)55-35-30(42-29-17-16-27(54-3)20-32(29)43-35)14-11-7-9-12-25-22-40(25,2)56-38(51)44-31/h8,13,16-17,20,25-26,28,31,33H,4-7,9-12,14-15,18-19,21-24H2,1-3H3,(H,44,51)(H,45,48)(H,46,50)/b13-8-. The third-order valence-electron chi connectivity index (χ3n) is 13.1. The van der Waals surface area contributed by atoms with Gasteiger partial charge in [-0.3, -0.25) is 19.1 Å². The Morgan fingerprint density at radius 2 is 1.79 bits per heavy atom. The number of amides is 4. The number of nitrogens with one attached hydrogen (secondary N) is 3. The minimum atomic E-state index is -3.99. The Kier molecular flexibility index (Phi) is 10.4. The molecule has 4 amide bonds. The lowest BCUT2D eigenvalue weighted by atomic mass is 10.0. The molecule has 3 saturated carbocycles. The second-order valence-corrected chi connectivity index (χ2v) is 19.6. The predicted octanol–water partition coefficient (Wildman–Crippen LogP) is 4.37. The highest BCUT2D eigenvalue weighted by molar-refractivity contribution is 7.91. The quantitative estimate of drug-likeness (QED) is 0.372. The van der Waals surface area contributed by atoms with Gasteiger partial charge in [-0.1, -0.05) is 37.8 Å². The van der Waals surface area contributed by atoms with E-state index in [1.165, 1.54) is 4.90 Å². The van der Waals surface area contributed by atoms with Crippen molar-refractivity contribution in [3.8, 4) is 11.6 Å². The van der Waals surface area contributed by atoms with Gasteiger partial charge in [0.25, 0.3) is 5.91 Å². The van der Waals surface area contributed by atoms with Gasteiger partial charge in [0, 0.05) is 24.3 Å². The zero-order valence-corrected chi connectivity index (χ0v) is 33.8. The van der Waals surface area contributed by atoms with Crippen LogP contribution in [0.25, 0.3) is 11.0 Å². The summed E-state index contributed by atoms with van der Waals surface area (Å²) in [6.07, 6.45) is 11.9. The van der Waals surface area contributed by atoms with E-state index in [1.54, 1.807) is 20.1 Å². The Bertz CT molecular complexity index is 2090. The van der Waals surface area contributed by atoms with Crippen LogP contribution < -0.4 is 24.8 Å². The fourth-order valence-electron chi connectivity index (χ4n) is 8.75. The van der Waals surface area contributed by atoms with Crippen LogP contribution in [-0.4, -0.2) is 94.8 Å². The van der Waals surface area contributed by atoms with E-state index in [1.807, 2.05) is 31.2 Å². The number of carbonyl (C=O) groups is 4. The van der Waals surface area contributed by atoms with Crippen molar-refractivity contribution in [2.75, 3.05) is 13.7 Å². The molecule has 7 atom stereocenters. The van der Waals surface area contributed by atoms with Crippen molar-refractivity contribution in [3.05, 3.63) is 36.0 Å². The van der Waals surface area contributed by atoms with Gasteiger partial charge in [-0.15, -0.1) is 0 Å². The number of alkyl carbamates (subject to hydrolysis) is 1. The largest absolute Gasteiger partial charge is 0.497 e. The molecule has 7 unspecified atom stereocenters. The van der Waals surface area contributed by atoms with Crippen LogP contribution in [0.4, 0.5) is 4.79 Å². The lowest BCUT2D eigenvalue weighted by Crippen LogP contribution is -2.58. The monoisotopic (exact) mass is 806 g/mol. The third kappa shape index (κ3) is 8.02. The van der Waals surface area contributed by atoms with E-state index in [9.17, 15) is 27.6 Å². The van der Waals surface area contributed by atoms with Crippen molar-refractivity contribution in [1.29, 1.82) is 0 Å². The summed E-state index contributed by atoms with van der Waals surface area (Å²) in [4.78, 5) is 67.9. The molecule has 3 aliphatic heterocycles. The summed E-state index contributed by atoms with van der Waals surface area (Å²) in [5.41, 5.74) is -0.193. The average molecular weight is 807 g/mol. The lowest BCUT2D eigenvalue weighted by Gasteiger charge is -2.30. The second-order valence-electron chi connectivity index (χ2n) is 17.4. The molecule has 4 heterocycles. The summed E-state index contributed by atoms with van der Waals surface area (Å²) in [6.45, 7) is 3.53. The summed E-state index contributed by atoms with van der Waals surface area (Å²) < 4.78 is 45.7. The topological polar surface area (TPSA) is 195 Å². The average Bonchev–Trinajstić information content (AvgIpc) is 4.12. The number of aromatic nitrogens is 2. The number of carbonyl (C=O) groups excluding carboxylic acids is 4. The van der Waals surface area contributed by atoms with Crippen LogP contribution in [0.5, 0.6) is 11.6 Å². The minimum absolute atomic E-state index is 0.00351. The maximum absolute atomic E-state index is 14.7. The van der Waals surface area contributed by atoms with Crippen LogP contribution in [0.15, 0.2) is 30.4 Å². The number of nitrogens with zero attached hydrogens (tertiary/aromatic N) is 3.